The molecule has 0 bridgehead atoms. The van der Waals surface area contributed by atoms with Crippen LogP contribution >= 0.6 is 0 Å². The Bertz CT molecular complexity index is 1970. The van der Waals surface area contributed by atoms with E-state index in [4.69, 9.17) is 4.42 Å². The fourth-order valence-electron chi connectivity index (χ4n) is 5.89. The van der Waals surface area contributed by atoms with Crippen molar-refractivity contribution >= 4 is 22.6 Å². The number of anilines is 1. The lowest BCUT2D eigenvalue weighted by molar-refractivity contribution is 0.0697. The molecule has 7 heteroatoms. The highest BCUT2D eigenvalue weighted by atomic mass is 16.4. The van der Waals surface area contributed by atoms with Crippen LogP contribution in [0.5, 0.6) is 0 Å². The Morgan fingerprint density at radius 1 is 0.733 bits per heavy atom. The molecule has 0 saturated carbocycles. The average molecular weight is 600 g/mol. The van der Waals surface area contributed by atoms with Crippen molar-refractivity contribution in [2.45, 2.75) is 13.1 Å². The van der Waals surface area contributed by atoms with Gasteiger partial charge in [0.2, 0.25) is 5.36 Å². The van der Waals surface area contributed by atoms with E-state index in [9.17, 15) is 20.1 Å². The molecule has 0 unspecified atom stereocenters. The van der Waals surface area contributed by atoms with Gasteiger partial charge in [-0.25, -0.2) is 9.37 Å². The van der Waals surface area contributed by atoms with Crippen LogP contribution < -0.4 is 14.8 Å². The third kappa shape index (κ3) is 6.50. The standard InChI is InChI=1S/C38H34N2O5/c41-21-19-39(25-27-9-3-1-4-10-27)29-15-17-33-35(23-29)45-36-24-30(40(20-22-42)26-28-11-5-2-6-12-28)16-18-34(36)37(33)31-13-7-8-14-32(31)38(43)44/h1-18,23-24,41-42H,19-22,25-26H2/p+1. The molecule has 4 aromatic carbocycles. The number of carboxylic acids is 1. The number of aromatic carboxylic acids is 1. The summed E-state index contributed by atoms with van der Waals surface area (Å²) in [5.74, 6) is -0.407. The van der Waals surface area contributed by atoms with Crippen LogP contribution in [0.3, 0.4) is 0 Å². The van der Waals surface area contributed by atoms with E-state index in [0.717, 1.165) is 38.7 Å². The van der Waals surface area contributed by atoms with Crippen LogP contribution in [0.4, 0.5) is 5.69 Å². The third-order valence-corrected chi connectivity index (χ3v) is 8.02. The number of fused-ring (bicyclic) bond motifs is 2. The number of benzene rings is 5. The number of nitrogens with zero attached hydrogens (tertiary/aromatic N) is 2. The lowest BCUT2D eigenvalue weighted by atomic mass is 9.90. The van der Waals surface area contributed by atoms with Crippen LogP contribution in [0.1, 0.15) is 21.5 Å². The second-order valence-electron chi connectivity index (χ2n) is 11.0. The van der Waals surface area contributed by atoms with E-state index < -0.39 is 5.97 Å². The number of carboxylic acid groups (broad SMARTS) is 1. The van der Waals surface area contributed by atoms with Crippen LogP contribution in [0.15, 0.2) is 126 Å². The number of aliphatic hydroxyl groups is 2. The zero-order valence-electron chi connectivity index (χ0n) is 24.8. The molecule has 0 aromatic heterocycles. The molecule has 1 heterocycles. The van der Waals surface area contributed by atoms with Gasteiger partial charge < -0.3 is 24.6 Å². The lowest BCUT2D eigenvalue weighted by Gasteiger charge is -2.25. The van der Waals surface area contributed by atoms with E-state index in [-0.39, 0.29) is 18.8 Å². The molecule has 1 aliphatic carbocycles. The smallest absolute Gasteiger partial charge is 0.336 e. The van der Waals surface area contributed by atoms with Crippen LogP contribution in [0.25, 0.3) is 33.4 Å². The first kappa shape index (κ1) is 29.8. The van der Waals surface area contributed by atoms with Crippen LogP contribution in [-0.2, 0) is 13.1 Å². The summed E-state index contributed by atoms with van der Waals surface area (Å²) in [7, 11) is 0. The fourth-order valence-corrected chi connectivity index (χ4v) is 5.89. The molecule has 0 amide bonds. The molecule has 226 valence electrons. The Balaban J connectivity index is 1.58. The van der Waals surface area contributed by atoms with Gasteiger partial charge in [-0.15, -0.1) is 0 Å². The molecule has 0 fully saturated rings. The van der Waals surface area contributed by atoms with Crippen molar-refractivity contribution in [3.05, 3.63) is 143 Å². The highest BCUT2D eigenvalue weighted by Gasteiger charge is 2.23. The number of rotatable bonds is 11. The molecule has 0 saturated heterocycles. The summed E-state index contributed by atoms with van der Waals surface area (Å²) >= 11 is 0. The van der Waals surface area contributed by atoms with E-state index in [1.165, 1.54) is 0 Å². The molecule has 45 heavy (non-hydrogen) atoms. The van der Waals surface area contributed by atoms with Crippen LogP contribution in [-0.4, -0.2) is 47.6 Å². The van der Waals surface area contributed by atoms with Crippen molar-refractivity contribution in [3.63, 3.8) is 0 Å². The first-order chi connectivity index (χ1) is 22.1. The minimum absolute atomic E-state index is 0.0115. The second kappa shape index (κ2) is 13.6. The third-order valence-electron chi connectivity index (χ3n) is 8.02. The first-order valence-electron chi connectivity index (χ1n) is 15.0. The van der Waals surface area contributed by atoms with Crippen LogP contribution in [0.2, 0.25) is 0 Å². The molecule has 4 aromatic rings. The summed E-state index contributed by atoms with van der Waals surface area (Å²) in [6.45, 7) is 2.06. The Morgan fingerprint density at radius 2 is 1.44 bits per heavy atom. The van der Waals surface area contributed by atoms with Gasteiger partial charge in [0.15, 0.2) is 13.1 Å². The molecule has 0 radical (unpaired) electrons. The Hall–Kier alpha value is -5.24. The fraction of sp³-hybridized carbons (Fsp3) is 0.158. The van der Waals surface area contributed by atoms with Crippen molar-refractivity contribution in [3.8, 4) is 22.5 Å². The summed E-state index contributed by atoms with van der Waals surface area (Å²) in [5.41, 5.74) is 6.07. The summed E-state index contributed by atoms with van der Waals surface area (Å²) in [6, 6.07) is 39.0. The molecule has 7 nitrogen and oxygen atoms in total. The molecule has 0 spiro atoms. The summed E-state index contributed by atoms with van der Waals surface area (Å²) < 4.78 is 8.72. The zero-order valence-corrected chi connectivity index (χ0v) is 24.8. The topological polar surface area (TPSA) is 97.1 Å². The Morgan fingerprint density at radius 3 is 2.16 bits per heavy atom. The van der Waals surface area contributed by atoms with Crippen molar-refractivity contribution in [1.29, 1.82) is 0 Å². The lowest BCUT2D eigenvalue weighted by Crippen LogP contribution is -2.32. The van der Waals surface area contributed by atoms with Crippen molar-refractivity contribution < 1.29 is 24.5 Å². The van der Waals surface area contributed by atoms with Crippen LogP contribution in [0, 0.1) is 0 Å². The number of hydrogen-bond acceptors (Lipinski definition) is 5. The maximum absolute atomic E-state index is 12.4. The summed E-state index contributed by atoms with van der Waals surface area (Å²) in [5, 5.41) is 31.6. The zero-order chi connectivity index (χ0) is 31.2. The van der Waals surface area contributed by atoms with Crippen molar-refractivity contribution in [2.75, 3.05) is 31.2 Å². The number of aliphatic hydroxyl groups excluding tert-OH is 2. The van der Waals surface area contributed by atoms with Gasteiger partial charge >= 0.3 is 5.97 Å². The molecular formula is C38H35N2O5+. The maximum atomic E-state index is 12.4. The number of carbonyl (C=O) groups is 1. The predicted molar refractivity (Wildman–Crippen MR) is 177 cm³/mol. The highest BCUT2D eigenvalue weighted by Crippen LogP contribution is 2.42. The summed E-state index contributed by atoms with van der Waals surface area (Å²) in [6.07, 6.45) is 0. The minimum atomic E-state index is -1.00. The Kier molecular flexibility index (Phi) is 9.01. The van der Waals surface area contributed by atoms with Gasteiger partial charge in [-0.2, -0.15) is 0 Å². The van der Waals surface area contributed by atoms with Crippen molar-refractivity contribution in [1.82, 2.24) is 4.58 Å². The van der Waals surface area contributed by atoms with Gasteiger partial charge in [-0.05, 0) is 35.4 Å². The van der Waals surface area contributed by atoms with Gasteiger partial charge in [-0.3, -0.25) is 0 Å². The largest absolute Gasteiger partial charge is 0.478 e. The van der Waals surface area contributed by atoms with E-state index in [2.05, 4.69) is 33.7 Å². The van der Waals surface area contributed by atoms with E-state index in [1.54, 1.807) is 12.1 Å². The van der Waals surface area contributed by atoms with Gasteiger partial charge in [0.1, 0.15) is 18.0 Å². The SMILES string of the molecule is O=C(O)c1ccccc1-c1c2ccc(=[N+](CCO)Cc3ccccc3)cc-2oc2cc(N(CCO)Cc3ccccc3)ccc12. The van der Waals surface area contributed by atoms with E-state index in [1.807, 2.05) is 84.9 Å². The highest BCUT2D eigenvalue weighted by molar-refractivity contribution is 6.07. The Labute approximate surface area is 261 Å². The molecule has 1 aliphatic heterocycles. The normalized spacial score (nSPS) is 12.0. The number of hydrogen-bond donors (Lipinski definition) is 3. The van der Waals surface area contributed by atoms with E-state index >= 15 is 0 Å². The molecule has 6 rings (SSSR count). The predicted octanol–water partition coefficient (Wildman–Crippen LogP) is 5.87. The molecule has 0 atom stereocenters. The monoisotopic (exact) mass is 599 g/mol. The quantitative estimate of drug-likeness (QED) is 0.127. The minimum Gasteiger partial charge on any atom is -0.478 e. The first-order valence-corrected chi connectivity index (χ1v) is 15.0. The van der Waals surface area contributed by atoms with Gasteiger partial charge in [0, 0.05) is 53.0 Å². The summed E-state index contributed by atoms with van der Waals surface area (Å²) in [4.78, 5) is 14.5. The van der Waals surface area contributed by atoms with E-state index in [0.29, 0.717) is 43.1 Å². The van der Waals surface area contributed by atoms with Gasteiger partial charge in [0.25, 0.3) is 0 Å². The second-order valence-corrected chi connectivity index (χ2v) is 11.0. The molecule has 2 aliphatic rings. The maximum Gasteiger partial charge on any atom is 0.336 e. The average Bonchev–Trinajstić information content (AvgIpc) is 3.07. The van der Waals surface area contributed by atoms with Gasteiger partial charge in [0.05, 0.1) is 18.2 Å². The molecular weight excluding hydrogens is 564 g/mol. The molecule has 3 N–H and O–H groups in total. The van der Waals surface area contributed by atoms with Crippen molar-refractivity contribution in [2.24, 2.45) is 0 Å². The van der Waals surface area contributed by atoms with Gasteiger partial charge in [-0.1, -0.05) is 78.9 Å².